The molecular weight excluding hydrogens is 271 g/mol. The van der Waals surface area contributed by atoms with Gasteiger partial charge in [0, 0.05) is 32.2 Å². The molecule has 3 unspecified atom stereocenters. The molecule has 4 nitrogen and oxygen atoms in total. The fourth-order valence-corrected chi connectivity index (χ4v) is 2.93. The number of carbonyl (C=O) groups is 1. The van der Waals surface area contributed by atoms with Crippen molar-refractivity contribution in [2.75, 3.05) is 20.2 Å². The van der Waals surface area contributed by atoms with Crippen LogP contribution in [-0.2, 0) is 9.53 Å². The first-order chi connectivity index (χ1) is 10.0. The van der Waals surface area contributed by atoms with Gasteiger partial charge in [0.25, 0.3) is 0 Å². The van der Waals surface area contributed by atoms with E-state index in [9.17, 15) is 9.18 Å². The highest BCUT2D eigenvalue weighted by molar-refractivity contribution is 5.77. The Morgan fingerprint density at radius 3 is 2.71 bits per heavy atom. The minimum atomic E-state index is -0.233. The van der Waals surface area contributed by atoms with Gasteiger partial charge in [0.2, 0.25) is 5.91 Å². The summed E-state index contributed by atoms with van der Waals surface area (Å²) in [7, 11) is 1.57. The summed E-state index contributed by atoms with van der Waals surface area (Å²) in [6.07, 6.45) is 0.986. The predicted molar refractivity (Wildman–Crippen MR) is 79.4 cm³/mol. The molecule has 2 rings (SSSR count). The summed E-state index contributed by atoms with van der Waals surface area (Å²) in [4.78, 5) is 14.2. The fourth-order valence-electron chi connectivity index (χ4n) is 2.93. The molecule has 0 saturated carbocycles. The molecule has 0 radical (unpaired) electrons. The van der Waals surface area contributed by atoms with Crippen LogP contribution in [0.25, 0.3) is 0 Å². The number of benzene rings is 1. The molecule has 1 heterocycles. The van der Waals surface area contributed by atoms with Gasteiger partial charge in [-0.1, -0.05) is 12.1 Å². The van der Waals surface area contributed by atoms with E-state index in [0.717, 1.165) is 12.0 Å². The number of methoxy groups -OCH3 is 1. The highest BCUT2D eigenvalue weighted by Crippen LogP contribution is 2.32. The van der Waals surface area contributed by atoms with Gasteiger partial charge in [0.15, 0.2) is 0 Å². The van der Waals surface area contributed by atoms with Gasteiger partial charge in [-0.05, 0) is 31.0 Å². The molecule has 5 heteroatoms. The molecule has 0 aliphatic carbocycles. The zero-order valence-electron chi connectivity index (χ0n) is 12.6. The van der Waals surface area contributed by atoms with Crippen molar-refractivity contribution in [3.8, 4) is 0 Å². The molecule has 1 amide bonds. The van der Waals surface area contributed by atoms with Crippen molar-refractivity contribution in [2.45, 2.75) is 37.8 Å². The van der Waals surface area contributed by atoms with Crippen LogP contribution in [0.1, 0.15) is 31.2 Å². The standard InChI is InChI=1S/C16H23FN2O2/c1-11-7-13(12-3-5-14(17)6-4-12)10-19(11)16(20)8-15(9-18)21-2/h3-6,11,13,15H,7-10,18H2,1-2H3. The first kappa shape index (κ1) is 15.9. The third-order valence-electron chi connectivity index (χ3n) is 4.24. The van der Waals surface area contributed by atoms with Crippen molar-refractivity contribution in [1.82, 2.24) is 4.90 Å². The maximum atomic E-state index is 13.0. The van der Waals surface area contributed by atoms with Crippen LogP contribution in [0.2, 0.25) is 0 Å². The lowest BCUT2D eigenvalue weighted by atomic mass is 9.97. The highest BCUT2D eigenvalue weighted by atomic mass is 19.1. The third kappa shape index (κ3) is 3.80. The van der Waals surface area contributed by atoms with Crippen LogP contribution < -0.4 is 5.73 Å². The van der Waals surface area contributed by atoms with E-state index in [4.69, 9.17) is 10.5 Å². The topological polar surface area (TPSA) is 55.6 Å². The number of carbonyl (C=O) groups excluding carboxylic acids is 1. The zero-order chi connectivity index (χ0) is 15.4. The SMILES string of the molecule is COC(CN)CC(=O)N1CC(c2ccc(F)cc2)CC1C. The molecule has 3 atom stereocenters. The number of nitrogens with two attached hydrogens (primary N) is 1. The molecule has 21 heavy (non-hydrogen) atoms. The minimum absolute atomic E-state index is 0.0735. The molecule has 1 saturated heterocycles. The number of hydrogen-bond acceptors (Lipinski definition) is 3. The van der Waals surface area contributed by atoms with E-state index in [-0.39, 0.29) is 29.8 Å². The van der Waals surface area contributed by atoms with Crippen LogP contribution in [0.3, 0.4) is 0 Å². The van der Waals surface area contributed by atoms with Crippen LogP contribution in [-0.4, -0.2) is 43.2 Å². The van der Waals surface area contributed by atoms with Gasteiger partial charge in [-0.2, -0.15) is 0 Å². The van der Waals surface area contributed by atoms with E-state index < -0.39 is 0 Å². The van der Waals surface area contributed by atoms with Crippen molar-refractivity contribution in [3.05, 3.63) is 35.6 Å². The Morgan fingerprint density at radius 1 is 1.48 bits per heavy atom. The molecule has 2 N–H and O–H groups in total. The lowest BCUT2D eigenvalue weighted by Gasteiger charge is -2.23. The Hall–Kier alpha value is -1.46. The van der Waals surface area contributed by atoms with Gasteiger partial charge in [-0.25, -0.2) is 4.39 Å². The molecule has 1 fully saturated rings. The quantitative estimate of drug-likeness (QED) is 0.902. The molecule has 0 bridgehead atoms. The van der Waals surface area contributed by atoms with Gasteiger partial charge in [0.05, 0.1) is 12.5 Å². The first-order valence-electron chi connectivity index (χ1n) is 7.33. The molecule has 1 aliphatic rings. The van der Waals surface area contributed by atoms with E-state index in [1.165, 1.54) is 12.1 Å². The molecule has 0 aromatic heterocycles. The van der Waals surface area contributed by atoms with Crippen molar-refractivity contribution in [3.63, 3.8) is 0 Å². The van der Waals surface area contributed by atoms with Crippen molar-refractivity contribution in [2.24, 2.45) is 5.73 Å². The molecule has 1 aromatic rings. The molecular formula is C16H23FN2O2. The lowest BCUT2D eigenvalue weighted by molar-refractivity contribution is -0.134. The number of likely N-dealkylation sites (tertiary alicyclic amines) is 1. The van der Waals surface area contributed by atoms with Crippen LogP contribution in [0.4, 0.5) is 4.39 Å². The number of hydrogen-bond donors (Lipinski definition) is 1. The lowest BCUT2D eigenvalue weighted by Crippen LogP contribution is -2.38. The second kappa shape index (κ2) is 7.00. The maximum absolute atomic E-state index is 13.0. The highest BCUT2D eigenvalue weighted by Gasteiger charge is 2.33. The zero-order valence-corrected chi connectivity index (χ0v) is 12.6. The number of amides is 1. The average molecular weight is 294 g/mol. The van der Waals surface area contributed by atoms with Crippen molar-refractivity contribution >= 4 is 5.91 Å². The molecule has 0 spiro atoms. The van der Waals surface area contributed by atoms with E-state index in [1.54, 1.807) is 19.2 Å². The van der Waals surface area contributed by atoms with Crippen LogP contribution >= 0.6 is 0 Å². The van der Waals surface area contributed by atoms with E-state index in [2.05, 4.69) is 0 Å². The van der Waals surface area contributed by atoms with Gasteiger partial charge < -0.3 is 15.4 Å². The van der Waals surface area contributed by atoms with Gasteiger partial charge in [0.1, 0.15) is 5.82 Å². The Bertz CT molecular complexity index is 474. The average Bonchev–Trinajstić information content (AvgIpc) is 2.87. The summed E-state index contributed by atoms with van der Waals surface area (Å²) in [6, 6.07) is 6.74. The van der Waals surface area contributed by atoms with Crippen LogP contribution in [0.5, 0.6) is 0 Å². The Labute approximate surface area is 125 Å². The number of nitrogens with zero attached hydrogens (tertiary/aromatic N) is 1. The molecule has 116 valence electrons. The summed E-state index contributed by atoms with van der Waals surface area (Å²) in [5, 5.41) is 0. The van der Waals surface area contributed by atoms with Crippen molar-refractivity contribution in [1.29, 1.82) is 0 Å². The van der Waals surface area contributed by atoms with Gasteiger partial charge in [-0.3, -0.25) is 4.79 Å². The summed E-state index contributed by atoms with van der Waals surface area (Å²) in [5.74, 6) is 0.108. The number of ether oxygens (including phenoxy) is 1. The number of rotatable bonds is 5. The monoisotopic (exact) mass is 294 g/mol. The van der Waals surface area contributed by atoms with Gasteiger partial charge in [-0.15, -0.1) is 0 Å². The minimum Gasteiger partial charge on any atom is -0.380 e. The van der Waals surface area contributed by atoms with E-state index in [0.29, 0.717) is 19.5 Å². The van der Waals surface area contributed by atoms with Crippen LogP contribution in [0, 0.1) is 5.82 Å². The Morgan fingerprint density at radius 2 is 2.14 bits per heavy atom. The smallest absolute Gasteiger partial charge is 0.225 e. The second-order valence-electron chi connectivity index (χ2n) is 5.68. The Balaban J connectivity index is 2.00. The summed E-state index contributed by atoms with van der Waals surface area (Å²) >= 11 is 0. The number of halogens is 1. The van der Waals surface area contributed by atoms with E-state index in [1.807, 2.05) is 11.8 Å². The third-order valence-corrected chi connectivity index (χ3v) is 4.24. The largest absolute Gasteiger partial charge is 0.380 e. The summed E-state index contributed by atoms with van der Waals surface area (Å²) in [5.41, 5.74) is 6.65. The van der Waals surface area contributed by atoms with Crippen molar-refractivity contribution < 1.29 is 13.9 Å². The maximum Gasteiger partial charge on any atom is 0.225 e. The van der Waals surface area contributed by atoms with Crippen LogP contribution in [0.15, 0.2) is 24.3 Å². The summed E-state index contributed by atoms with van der Waals surface area (Å²) < 4.78 is 18.2. The second-order valence-corrected chi connectivity index (χ2v) is 5.68. The van der Waals surface area contributed by atoms with Gasteiger partial charge >= 0.3 is 0 Å². The molecule has 1 aromatic carbocycles. The first-order valence-corrected chi connectivity index (χ1v) is 7.33. The fraction of sp³-hybridized carbons (Fsp3) is 0.562. The molecule has 1 aliphatic heterocycles. The van der Waals surface area contributed by atoms with E-state index >= 15 is 0 Å². The predicted octanol–water partition coefficient (Wildman–Crippen LogP) is 1.89. The summed E-state index contributed by atoms with van der Waals surface area (Å²) in [6.45, 7) is 3.06. The Kier molecular flexibility index (Phi) is 5.31. The normalized spacial score (nSPS) is 23.3.